The van der Waals surface area contributed by atoms with Crippen molar-refractivity contribution in [2.75, 3.05) is 11.9 Å². The van der Waals surface area contributed by atoms with Gasteiger partial charge in [0, 0.05) is 12.5 Å². The van der Waals surface area contributed by atoms with Gasteiger partial charge in [0.15, 0.2) is 5.17 Å². The second-order valence-corrected chi connectivity index (χ2v) is 10.4. The molecule has 0 radical (unpaired) electrons. The molecule has 0 aromatic heterocycles. The number of amides is 2. The third-order valence-electron chi connectivity index (χ3n) is 5.83. The van der Waals surface area contributed by atoms with Crippen LogP contribution in [0.3, 0.4) is 0 Å². The van der Waals surface area contributed by atoms with Crippen molar-refractivity contribution in [3.05, 3.63) is 54.1 Å². The van der Waals surface area contributed by atoms with Crippen molar-refractivity contribution in [3.8, 4) is 5.75 Å². The number of anilines is 1. The SMILES string of the molecule is CCOc1ccccc1N=C1S[C@H](CC(=O)Nc2ccccc2C(F)(F)F)C(=O)N1[C@H](C)CCC(C)C. The molecular formula is C27H32F3N3O3S. The van der Waals surface area contributed by atoms with E-state index in [1.807, 2.05) is 26.0 Å². The van der Waals surface area contributed by atoms with Crippen LogP contribution in [-0.4, -0.2) is 39.8 Å². The topological polar surface area (TPSA) is 71.0 Å². The zero-order chi connectivity index (χ0) is 27.2. The summed E-state index contributed by atoms with van der Waals surface area (Å²) >= 11 is 1.15. The van der Waals surface area contributed by atoms with E-state index in [1.165, 1.54) is 18.2 Å². The number of rotatable bonds is 10. The smallest absolute Gasteiger partial charge is 0.418 e. The van der Waals surface area contributed by atoms with Crippen molar-refractivity contribution in [2.45, 2.75) is 64.4 Å². The monoisotopic (exact) mass is 535 g/mol. The number of carbonyl (C=O) groups is 2. The molecule has 1 fully saturated rings. The summed E-state index contributed by atoms with van der Waals surface area (Å²) in [6.45, 7) is 8.46. The van der Waals surface area contributed by atoms with Crippen LogP contribution in [0.4, 0.5) is 24.5 Å². The fourth-order valence-corrected chi connectivity index (χ4v) is 5.18. The molecule has 0 spiro atoms. The Bertz CT molecular complexity index is 1140. The van der Waals surface area contributed by atoms with Gasteiger partial charge in [-0.2, -0.15) is 13.2 Å². The maximum atomic E-state index is 13.5. The average Bonchev–Trinajstić information content (AvgIpc) is 3.12. The molecule has 1 aliphatic rings. The lowest BCUT2D eigenvalue weighted by Crippen LogP contribution is -2.40. The Balaban J connectivity index is 1.85. The summed E-state index contributed by atoms with van der Waals surface area (Å²) in [6.07, 6.45) is -3.25. The lowest BCUT2D eigenvalue weighted by atomic mass is 10.0. The summed E-state index contributed by atoms with van der Waals surface area (Å²) < 4.78 is 45.7. The number of hydrogen-bond acceptors (Lipinski definition) is 5. The maximum absolute atomic E-state index is 13.5. The molecule has 200 valence electrons. The molecule has 1 saturated heterocycles. The lowest BCUT2D eigenvalue weighted by molar-refractivity contribution is -0.137. The Hall–Kier alpha value is -3.01. The fourth-order valence-electron chi connectivity index (χ4n) is 3.94. The predicted octanol–water partition coefficient (Wildman–Crippen LogP) is 6.89. The van der Waals surface area contributed by atoms with Crippen LogP contribution in [0.25, 0.3) is 0 Å². The Kier molecular flexibility index (Phi) is 9.64. The van der Waals surface area contributed by atoms with Gasteiger partial charge >= 0.3 is 6.18 Å². The first-order valence-corrected chi connectivity index (χ1v) is 13.2. The number of nitrogens with one attached hydrogen (secondary N) is 1. The van der Waals surface area contributed by atoms with Crippen LogP contribution < -0.4 is 10.1 Å². The molecule has 1 N–H and O–H groups in total. The second-order valence-electron chi connectivity index (χ2n) is 9.23. The van der Waals surface area contributed by atoms with Crippen molar-refractivity contribution in [3.63, 3.8) is 0 Å². The molecule has 0 saturated carbocycles. The van der Waals surface area contributed by atoms with E-state index in [-0.39, 0.29) is 24.1 Å². The zero-order valence-corrected chi connectivity index (χ0v) is 22.2. The van der Waals surface area contributed by atoms with Crippen molar-refractivity contribution < 1.29 is 27.5 Å². The summed E-state index contributed by atoms with van der Waals surface area (Å²) in [5.41, 5.74) is -0.713. The normalized spacial score (nSPS) is 17.9. The van der Waals surface area contributed by atoms with Crippen LogP contribution in [0, 0.1) is 5.92 Å². The standard InChI is InChI=1S/C27H32F3N3O3S/c1-5-36-22-13-9-8-12-21(22)32-26-33(18(4)15-14-17(2)3)25(35)23(37-26)16-24(34)31-20-11-7-6-10-19(20)27(28,29)30/h6-13,17-18,23H,5,14-16H2,1-4H3,(H,31,34)/t18-,23-/m1/s1. The maximum Gasteiger partial charge on any atom is 0.418 e. The molecule has 2 aromatic carbocycles. The second kappa shape index (κ2) is 12.5. The highest BCUT2D eigenvalue weighted by Gasteiger charge is 2.42. The number of halogens is 3. The van der Waals surface area contributed by atoms with Crippen molar-refractivity contribution in [1.82, 2.24) is 4.90 Å². The lowest BCUT2D eigenvalue weighted by Gasteiger charge is -2.25. The number of aliphatic imine (C=N–C) groups is 1. The van der Waals surface area contributed by atoms with Gasteiger partial charge in [-0.05, 0) is 56.9 Å². The van der Waals surface area contributed by atoms with E-state index >= 15 is 0 Å². The molecule has 2 amide bonds. The number of ether oxygens (including phenoxy) is 1. The van der Waals surface area contributed by atoms with Crippen LogP contribution >= 0.6 is 11.8 Å². The van der Waals surface area contributed by atoms with E-state index in [0.717, 1.165) is 30.7 Å². The Morgan fingerprint density at radius 1 is 1.11 bits per heavy atom. The third kappa shape index (κ3) is 7.50. The first-order valence-electron chi connectivity index (χ1n) is 12.3. The molecule has 0 aliphatic carbocycles. The highest BCUT2D eigenvalue weighted by atomic mass is 32.2. The summed E-state index contributed by atoms with van der Waals surface area (Å²) in [7, 11) is 0. The summed E-state index contributed by atoms with van der Waals surface area (Å²) in [5, 5.41) is 1.97. The third-order valence-corrected chi connectivity index (χ3v) is 6.98. The van der Waals surface area contributed by atoms with E-state index in [1.54, 1.807) is 17.0 Å². The highest BCUT2D eigenvalue weighted by molar-refractivity contribution is 8.15. The number of carbonyl (C=O) groups excluding carboxylic acids is 2. The number of thioether (sulfide) groups is 1. The minimum absolute atomic E-state index is 0.167. The first kappa shape index (κ1) is 28.6. The zero-order valence-electron chi connectivity index (χ0n) is 21.3. The molecule has 37 heavy (non-hydrogen) atoms. The van der Waals surface area contributed by atoms with E-state index in [4.69, 9.17) is 9.73 Å². The van der Waals surface area contributed by atoms with Gasteiger partial charge in [-0.3, -0.25) is 14.5 Å². The van der Waals surface area contributed by atoms with Crippen molar-refractivity contribution in [1.29, 1.82) is 0 Å². The Labute approximate surface area is 219 Å². The minimum Gasteiger partial charge on any atom is -0.492 e. The summed E-state index contributed by atoms with van der Waals surface area (Å²) in [6, 6.07) is 11.8. The summed E-state index contributed by atoms with van der Waals surface area (Å²) in [4.78, 5) is 32.5. The quantitative estimate of drug-likeness (QED) is 0.360. The van der Waals surface area contributed by atoms with Crippen LogP contribution in [-0.2, 0) is 15.8 Å². The molecule has 6 nitrogen and oxygen atoms in total. The molecule has 3 rings (SSSR count). The first-order chi connectivity index (χ1) is 17.5. The molecule has 1 heterocycles. The average molecular weight is 536 g/mol. The Morgan fingerprint density at radius 2 is 1.78 bits per heavy atom. The molecule has 0 unspecified atom stereocenters. The minimum atomic E-state index is -4.61. The molecule has 2 atom stereocenters. The largest absolute Gasteiger partial charge is 0.492 e. The fraction of sp³-hybridized carbons (Fsp3) is 0.444. The van der Waals surface area contributed by atoms with E-state index in [0.29, 0.717) is 29.1 Å². The number of para-hydroxylation sites is 3. The van der Waals surface area contributed by atoms with Gasteiger partial charge < -0.3 is 10.1 Å². The van der Waals surface area contributed by atoms with Crippen LogP contribution in [0.1, 0.15) is 52.5 Å². The Morgan fingerprint density at radius 3 is 2.46 bits per heavy atom. The predicted molar refractivity (Wildman–Crippen MR) is 141 cm³/mol. The van der Waals surface area contributed by atoms with Crippen LogP contribution in [0.5, 0.6) is 5.75 Å². The van der Waals surface area contributed by atoms with Crippen molar-refractivity contribution in [2.24, 2.45) is 10.9 Å². The van der Waals surface area contributed by atoms with E-state index in [9.17, 15) is 22.8 Å². The van der Waals surface area contributed by atoms with E-state index < -0.39 is 22.9 Å². The number of amidine groups is 1. The molecule has 10 heteroatoms. The van der Waals surface area contributed by atoms with Crippen LogP contribution in [0.2, 0.25) is 0 Å². The summed E-state index contributed by atoms with van der Waals surface area (Å²) in [5.74, 6) is 0.0638. The number of benzene rings is 2. The van der Waals surface area contributed by atoms with Gasteiger partial charge in [0.05, 0.1) is 17.9 Å². The number of hydrogen-bond donors (Lipinski definition) is 1. The van der Waals surface area contributed by atoms with Crippen LogP contribution in [0.15, 0.2) is 53.5 Å². The van der Waals surface area contributed by atoms with Gasteiger partial charge in [-0.15, -0.1) is 0 Å². The van der Waals surface area contributed by atoms with Gasteiger partial charge in [0.1, 0.15) is 16.7 Å². The molecular weight excluding hydrogens is 503 g/mol. The van der Waals surface area contributed by atoms with E-state index in [2.05, 4.69) is 19.2 Å². The number of alkyl halides is 3. The number of nitrogens with zero attached hydrogens (tertiary/aromatic N) is 2. The van der Waals surface area contributed by atoms with Gasteiger partial charge in [0.2, 0.25) is 11.8 Å². The van der Waals surface area contributed by atoms with Gasteiger partial charge in [0.25, 0.3) is 0 Å². The molecule has 1 aliphatic heterocycles. The molecule has 2 aromatic rings. The molecule has 0 bridgehead atoms. The van der Waals surface area contributed by atoms with Gasteiger partial charge in [-0.25, -0.2) is 4.99 Å². The highest BCUT2D eigenvalue weighted by Crippen LogP contribution is 2.38. The van der Waals surface area contributed by atoms with Gasteiger partial charge in [-0.1, -0.05) is 49.9 Å². The van der Waals surface area contributed by atoms with Crippen molar-refractivity contribution >= 4 is 40.1 Å².